The molecule has 3 aromatic rings. The second kappa shape index (κ2) is 6.52. The summed E-state index contributed by atoms with van der Waals surface area (Å²) in [5.74, 6) is 0.678. The predicted octanol–water partition coefficient (Wildman–Crippen LogP) is 3.41. The Morgan fingerprint density at radius 2 is 1.64 bits per heavy atom. The first-order chi connectivity index (χ1) is 12.1. The summed E-state index contributed by atoms with van der Waals surface area (Å²) in [6.45, 7) is 3.82. The molecule has 2 heterocycles. The number of aliphatic hydroxyl groups excluding tert-OH is 1. The molecule has 1 N–H and O–H groups in total. The topological polar surface area (TPSA) is 45.5 Å². The molecule has 1 saturated heterocycles. The Morgan fingerprint density at radius 3 is 2.28 bits per heavy atom. The monoisotopic (exact) mass is 336 g/mol. The van der Waals surface area contributed by atoms with Crippen molar-refractivity contribution in [3.05, 3.63) is 48.5 Å². The Morgan fingerprint density at radius 1 is 1.04 bits per heavy atom. The van der Waals surface area contributed by atoms with E-state index in [4.69, 9.17) is 0 Å². The molecule has 2 aromatic carbocycles. The maximum Gasteiger partial charge on any atom is 0.222 e. The number of aromatic nitrogens is 1. The number of para-hydroxylation sites is 2. The summed E-state index contributed by atoms with van der Waals surface area (Å²) in [4.78, 5) is 13.9. The summed E-state index contributed by atoms with van der Waals surface area (Å²) in [5, 5.41) is 13.1. The van der Waals surface area contributed by atoms with Crippen molar-refractivity contribution >= 4 is 27.7 Å². The number of carbonyl (C=O) groups excluding carboxylic acids is 1. The van der Waals surface area contributed by atoms with Crippen LogP contribution in [-0.2, 0) is 11.3 Å². The average Bonchev–Trinajstić information content (AvgIpc) is 2.93. The molecule has 4 nitrogen and oxygen atoms in total. The highest BCUT2D eigenvalue weighted by molar-refractivity contribution is 6.07. The summed E-state index contributed by atoms with van der Waals surface area (Å²) in [6, 6.07) is 16.6. The van der Waals surface area contributed by atoms with Crippen LogP contribution >= 0.6 is 0 Å². The molecule has 1 amide bonds. The second-order valence-electron chi connectivity index (χ2n) is 7.24. The number of aliphatic hydroxyl groups is 1. The summed E-state index contributed by atoms with van der Waals surface area (Å²) in [7, 11) is 0. The van der Waals surface area contributed by atoms with Crippen molar-refractivity contribution in [1.29, 1.82) is 0 Å². The van der Waals surface area contributed by atoms with Crippen LogP contribution in [0.25, 0.3) is 21.8 Å². The first kappa shape index (κ1) is 16.2. The van der Waals surface area contributed by atoms with Crippen LogP contribution in [0.5, 0.6) is 0 Å². The van der Waals surface area contributed by atoms with Crippen molar-refractivity contribution in [3.8, 4) is 0 Å². The molecule has 25 heavy (non-hydrogen) atoms. The van der Waals surface area contributed by atoms with Gasteiger partial charge in [-0.1, -0.05) is 43.3 Å². The van der Waals surface area contributed by atoms with Crippen molar-refractivity contribution in [1.82, 2.24) is 9.47 Å². The van der Waals surface area contributed by atoms with Crippen LogP contribution in [0.1, 0.15) is 19.8 Å². The number of amides is 1. The van der Waals surface area contributed by atoms with E-state index in [0.717, 1.165) is 24.0 Å². The van der Waals surface area contributed by atoms with Gasteiger partial charge in [0.05, 0.1) is 12.6 Å². The minimum atomic E-state index is -0.575. The molecule has 2 atom stereocenters. The Labute approximate surface area is 147 Å². The fourth-order valence-electron chi connectivity index (χ4n) is 4.00. The van der Waals surface area contributed by atoms with Gasteiger partial charge in [-0.25, -0.2) is 0 Å². The number of carbonyl (C=O) groups is 1. The Bertz CT molecular complexity index is 861. The van der Waals surface area contributed by atoms with Gasteiger partial charge in [0.2, 0.25) is 5.91 Å². The van der Waals surface area contributed by atoms with E-state index in [1.807, 2.05) is 29.2 Å². The standard InChI is InChI=1S/C21H24N2O2/c1-15-10-11-21(25)22(12-15)13-16(24)14-23-19-8-4-2-6-17(19)18-7-3-5-9-20(18)23/h2-9,15-16,24H,10-14H2,1H3/t15-,16+/m0/s1. The molecule has 0 spiro atoms. The lowest BCUT2D eigenvalue weighted by Crippen LogP contribution is -2.44. The number of hydrogen-bond acceptors (Lipinski definition) is 2. The summed E-state index contributed by atoms with van der Waals surface area (Å²) < 4.78 is 2.17. The van der Waals surface area contributed by atoms with Crippen molar-refractivity contribution in [2.75, 3.05) is 13.1 Å². The molecule has 0 radical (unpaired) electrons. The number of likely N-dealkylation sites (tertiary alicyclic amines) is 1. The zero-order valence-electron chi connectivity index (χ0n) is 14.6. The van der Waals surface area contributed by atoms with E-state index in [2.05, 4.69) is 35.8 Å². The molecule has 4 rings (SSSR count). The normalized spacial score (nSPS) is 19.7. The van der Waals surface area contributed by atoms with Gasteiger partial charge in [-0.3, -0.25) is 4.79 Å². The van der Waals surface area contributed by atoms with Gasteiger partial charge in [0, 0.05) is 41.3 Å². The zero-order chi connectivity index (χ0) is 17.4. The molecule has 0 unspecified atom stereocenters. The predicted molar refractivity (Wildman–Crippen MR) is 100 cm³/mol. The van der Waals surface area contributed by atoms with Crippen LogP contribution in [0.3, 0.4) is 0 Å². The molecular weight excluding hydrogens is 312 g/mol. The van der Waals surface area contributed by atoms with Crippen LogP contribution in [0, 0.1) is 5.92 Å². The van der Waals surface area contributed by atoms with Crippen molar-refractivity contribution in [2.45, 2.75) is 32.4 Å². The highest BCUT2D eigenvalue weighted by atomic mass is 16.3. The summed E-state index contributed by atoms with van der Waals surface area (Å²) in [6.07, 6.45) is 0.982. The maximum absolute atomic E-state index is 12.1. The van der Waals surface area contributed by atoms with Crippen LogP contribution in [0.2, 0.25) is 0 Å². The smallest absolute Gasteiger partial charge is 0.222 e. The third kappa shape index (κ3) is 3.02. The first-order valence-corrected chi connectivity index (χ1v) is 9.05. The quantitative estimate of drug-likeness (QED) is 0.793. The minimum absolute atomic E-state index is 0.166. The van der Waals surface area contributed by atoms with Crippen LogP contribution < -0.4 is 0 Å². The van der Waals surface area contributed by atoms with Crippen molar-refractivity contribution < 1.29 is 9.90 Å². The molecule has 1 aromatic heterocycles. The largest absolute Gasteiger partial charge is 0.389 e. The lowest BCUT2D eigenvalue weighted by atomic mass is 9.99. The van der Waals surface area contributed by atoms with E-state index in [1.165, 1.54) is 10.8 Å². The Kier molecular flexibility index (Phi) is 4.22. The first-order valence-electron chi connectivity index (χ1n) is 9.05. The van der Waals surface area contributed by atoms with Crippen molar-refractivity contribution in [3.63, 3.8) is 0 Å². The third-order valence-electron chi connectivity index (χ3n) is 5.24. The van der Waals surface area contributed by atoms with E-state index < -0.39 is 6.10 Å². The average molecular weight is 336 g/mol. The van der Waals surface area contributed by atoms with E-state index in [-0.39, 0.29) is 5.91 Å². The lowest BCUT2D eigenvalue weighted by Gasteiger charge is -2.32. The molecule has 1 aliphatic heterocycles. The van der Waals surface area contributed by atoms with E-state index >= 15 is 0 Å². The van der Waals surface area contributed by atoms with Crippen LogP contribution in [0.4, 0.5) is 0 Å². The molecule has 130 valence electrons. The Hall–Kier alpha value is -2.33. The number of β-amino-alcohol motifs (C(OH)–C–C–N with tert-alkyl or cyclic N) is 1. The molecule has 0 bridgehead atoms. The SMILES string of the molecule is C[C@H]1CCC(=O)N(C[C@@H](O)Cn2c3ccccc3c3ccccc32)C1. The van der Waals surface area contributed by atoms with Gasteiger partial charge in [-0.15, -0.1) is 0 Å². The molecule has 1 fully saturated rings. The molecule has 1 aliphatic rings. The van der Waals surface area contributed by atoms with Crippen LogP contribution in [-0.4, -0.2) is 39.7 Å². The van der Waals surface area contributed by atoms with E-state index in [1.54, 1.807) is 0 Å². The summed E-state index contributed by atoms with van der Waals surface area (Å²) in [5.41, 5.74) is 2.25. The fraction of sp³-hybridized carbons (Fsp3) is 0.381. The number of hydrogen-bond donors (Lipinski definition) is 1. The summed E-state index contributed by atoms with van der Waals surface area (Å²) >= 11 is 0. The molecule has 0 aliphatic carbocycles. The molecular formula is C21H24N2O2. The van der Waals surface area contributed by atoms with E-state index in [0.29, 0.717) is 25.4 Å². The van der Waals surface area contributed by atoms with Crippen LogP contribution in [0.15, 0.2) is 48.5 Å². The van der Waals surface area contributed by atoms with Gasteiger partial charge in [0.1, 0.15) is 0 Å². The number of rotatable bonds is 4. The zero-order valence-corrected chi connectivity index (χ0v) is 14.6. The van der Waals surface area contributed by atoms with Gasteiger partial charge >= 0.3 is 0 Å². The van der Waals surface area contributed by atoms with Gasteiger partial charge in [-0.05, 0) is 24.5 Å². The lowest BCUT2D eigenvalue weighted by molar-refractivity contribution is -0.136. The molecule has 4 heteroatoms. The van der Waals surface area contributed by atoms with Gasteiger partial charge in [0.15, 0.2) is 0 Å². The van der Waals surface area contributed by atoms with Gasteiger partial charge < -0.3 is 14.6 Å². The van der Waals surface area contributed by atoms with E-state index in [9.17, 15) is 9.90 Å². The fourth-order valence-corrected chi connectivity index (χ4v) is 4.00. The number of piperidine rings is 1. The number of fused-ring (bicyclic) bond motifs is 3. The molecule has 0 saturated carbocycles. The maximum atomic E-state index is 12.1. The van der Waals surface area contributed by atoms with Crippen molar-refractivity contribution in [2.24, 2.45) is 5.92 Å². The Balaban J connectivity index is 1.62. The second-order valence-corrected chi connectivity index (χ2v) is 7.24. The van der Waals surface area contributed by atoms with Gasteiger partial charge in [0.25, 0.3) is 0 Å². The number of benzene rings is 2. The minimum Gasteiger partial charge on any atom is -0.389 e. The highest BCUT2D eigenvalue weighted by Crippen LogP contribution is 2.29. The third-order valence-corrected chi connectivity index (χ3v) is 5.24. The van der Waals surface area contributed by atoms with Gasteiger partial charge in [-0.2, -0.15) is 0 Å². The highest BCUT2D eigenvalue weighted by Gasteiger charge is 2.25. The number of nitrogens with zero attached hydrogens (tertiary/aromatic N) is 2.